The van der Waals surface area contributed by atoms with Crippen molar-refractivity contribution in [3.8, 4) is 0 Å². The fraction of sp³-hybridized carbons (Fsp3) is 0.545. The van der Waals surface area contributed by atoms with E-state index in [0.29, 0.717) is 19.0 Å². The van der Waals surface area contributed by atoms with Gasteiger partial charge in [-0.2, -0.15) is 9.37 Å². The van der Waals surface area contributed by atoms with E-state index >= 15 is 0 Å². The Morgan fingerprint density at radius 3 is 2.53 bits per heavy atom. The predicted molar refractivity (Wildman–Crippen MR) is 58.1 cm³/mol. The van der Waals surface area contributed by atoms with Gasteiger partial charge in [0.1, 0.15) is 0 Å². The quantitative estimate of drug-likeness (QED) is 0.786. The summed E-state index contributed by atoms with van der Waals surface area (Å²) in [6, 6.07) is 0.448. The molecule has 0 aliphatic carbocycles. The Morgan fingerprint density at radius 2 is 1.94 bits per heavy atom. The SMILES string of the molecule is CC(C)(CCO)CNc1nc(F)c(F)cc1F. The van der Waals surface area contributed by atoms with Gasteiger partial charge >= 0.3 is 0 Å². The zero-order valence-electron chi connectivity index (χ0n) is 9.73. The van der Waals surface area contributed by atoms with Gasteiger partial charge in [0.15, 0.2) is 17.5 Å². The third kappa shape index (κ3) is 3.89. The number of aromatic nitrogens is 1. The smallest absolute Gasteiger partial charge is 0.251 e. The van der Waals surface area contributed by atoms with Crippen molar-refractivity contribution in [3.63, 3.8) is 0 Å². The lowest BCUT2D eigenvalue weighted by Crippen LogP contribution is -2.25. The first-order valence-electron chi connectivity index (χ1n) is 5.22. The molecule has 1 aromatic heterocycles. The summed E-state index contributed by atoms with van der Waals surface area (Å²) in [4.78, 5) is 3.15. The van der Waals surface area contributed by atoms with Crippen LogP contribution in [0, 0.1) is 23.0 Å². The van der Waals surface area contributed by atoms with E-state index in [1.807, 2.05) is 13.8 Å². The number of hydrogen-bond acceptors (Lipinski definition) is 3. The minimum atomic E-state index is -1.34. The number of anilines is 1. The Bertz CT molecular complexity index is 397. The maximum Gasteiger partial charge on any atom is 0.251 e. The van der Waals surface area contributed by atoms with Gasteiger partial charge in [0.25, 0.3) is 5.95 Å². The molecule has 1 rings (SSSR count). The molecule has 0 fully saturated rings. The standard InChI is InChI=1S/C11H15F3N2O/c1-11(2,3-4-17)6-15-10-8(13)5-7(12)9(14)16-10/h5,17H,3-4,6H2,1-2H3,(H,15,16). The van der Waals surface area contributed by atoms with Crippen LogP contribution >= 0.6 is 0 Å². The molecular formula is C11H15F3N2O. The second-order valence-corrected chi connectivity index (χ2v) is 4.58. The van der Waals surface area contributed by atoms with Crippen molar-refractivity contribution in [3.05, 3.63) is 23.6 Å². The maximum absolute atomic E-state index is 13.2. The lowest BCUT2D eigenvalue weighted by atomic mass is 9.90. The first-order valence-corrected chi connectivity index (χ1v) is 5.22. The third-order valence-electron chi connectivity index (χ3n) is 2.41. The summed E-state index contributed by atoms with van der Waals surface area (Å²) in [5, 5.41) is 11.4. The van der Waals surface area contributed by atoms with Gasteiger partial charge in [-0.25, -0.2) is 8.78 Å². The van der Waals surface area contributed by atoms with Gasteiger partial charge in [0.05, 0.1) is 0 Å². The largest absolute Gasteiger partial charge is 0.396 e. The van der Waals surface area contributed by atoms with Gasteiger partial charge in [0.2, 0.25) is 0 Å². The topological polar surface area (TPSA) is 45.1 Å². The van der Waals surface area contributed by atoms with E-state index in [4.69, 9.17) is 5.11 Å². The lowest BCUT2D eigenvalue weighted by molar-refractivity contribution is 0.220. The van der Waals surface area contributed by atoms with E-state index in [2.05, 4.69) is 10.3 Å². The summed E-state index contributed by atoms with van der Waals surface area (Å²) >= 11 is 0. The van der Waals surface area contributed by atoms with E-state index in [-0.39, 0.29) is 17.8 Å². The van der Waals surface area contributed by atoms with Gasteiger partial charge in [-0.05, 0) is 11.8 Å². The van der Waals surface area contributed by atoms with Crippen molar-refractivity contribution in [1.29, 1.82) is 0 Å². The number of hydrogen-bond donors (Lipinski definition) is 2. The first-order chi connectivity index (χ1) is 7.85. The molecule has 0 radical (unpaired) electrons. The van der Waals surface area contributed by atoms with Gasteiger partial charge in [-0.3, -0.25) is 0 Å². The molecule has 0 saturated heterocycles. The van der Waals surface area contributed by atoms with Crippen molar-refractivity contribution in [2.75, 3.05) is 18.5 Å². The predicted octanol–water partition coefficient (Wildman–Crippen LogP) is 2.32. The zero-order chi connectivity index (χ0) is 13.1. The molecule has 0 spiro atoms. The average Bonchev–Trinajstić information content (AvgIpc) is 2.21. The van der Waals surface area contributed by atoms with Gasteiger partial charge < -0.3 is 10.4 Å². The fourth-order valence-electron chi connectivity index (χ4n) is 1.28. The van der Waals surface area contributed by atoms with Crippen LogP contribution in [0.1, 0.15) is 20.3 Å². The molecule has 6 heteroatoms. The maximum atomic E-state index is 13.2. The molecule has 0 bridgehead atoms. The number of aliphatic hydroxyl groups is 1. The Labute approximate surface area is 97.7 Å². The van der Waals surface area contributed by atoms with E-state index < -0.39 is 17.6 Å². The Kier molecular flexibility index (Phi) is 4.34. The molecule has 0 unspecified atom stereocenters. The molecule has 0 atom stereocenters. The molecule has 17 heavy (non-hydrogen) atoms. The van der Waals surface area contributed by atoms with Crippen LogP contribution < -0.4 is 5.32 Å². The Balaban J connectivity index is 2.73. The van der Waals surface area contributed by atoms with Crippen LogP contribution in [-0.4, -0.2) is 23.2 Å². The van der Waals surface area contributed by atoms with E-state index in [9.17, 15) is 13.2 Å². The van der Waals surface area contributed by atoms with Crippen LogP contribution in [0.3, 0.4) is 0 Å². The summed E-state index contributed by atoms with van der Waals surface area (Å²) in [5.74, 6) is -3.92. The highest BCUT2D eigenvalue weighted by molar-refractivity contribution is 5.36. The number of pyridine rings is 1. The fourth-order valence-corrected chi connectivity index (χ4v) is 1.28. The van der Waals surface area contributed by atoms with E-state index in [1.54, 1.807) is 0 Å². The summed E-state index contributed by atoms with van der Waals surface area (Å²) in [5.41, 5.74) is -0.298. The summed E-state index contributed by atoms with van der Waals surface area (Å²) in [6.45, 7) is 4.01. The van der Waals surface area contributed by atoms with Crippen LogP contribution in [-0.2, 0) is 0 Å². The summed E-state index contributed by atoms with van der Waals surface area (Å²) in [6.07, 6.45) is 0.505. The molecule has 1 aromatic rings. The molecule has 3 nitrogen and oxygen atoms in total. The normalized spacial score (nSPS) is 11.6. The van der Waals surface area contributed by atoms with E-state index in [0.717, 1.165) is 0 Å². The van der Waals surface area contributed by atoms with Crippen LogP contribution in [0.4, 0.5) is 19.0 Å². The third-order valence-corrected chi connectivity index (χ3v) is 2.41. The molecule has 0 aliphatic heterocycles. The highest BCUT2D eigenvalue weighted by Crippen LogP contribution is 2.21. The number of aliphatic hydroxyl groups excluding tert-OH is 1. The Hall–Kier alpha value is -1.30. The molecule has 0 saturated carbocycles. The van der Waals surface area contributed by atoms with Crippen molar-refractivity contribution in [2.45, 2.75) is 20.3 Å². The van der Waals surface area contributed by atoms with Crippen molar-refractivity contribution in [2.24, 2.45) is 5.41 Å². The average molecular weight is 248 g/mol. The van der Waals surface area contributed by atoms with Gasteiger partial charge in [-0.15, -0.1) is 0 Å². The van der Waals surface area contributed by atoms with Crippen LogP contribution in [0.2, 0.25) is 0 Å². The zero-order valence-corrected chi connectivity index (χ0v) is 9.73. The molecule has 0 aromatic carbocycles. The molecular weight excluding hydrogens is 233 g/mol. The highest BCUT2D eigenvalue weighted by atomic mass is 19.2. The number of halogens is 3. The monoisotopic (exact) mass is 248 g/mol. The molecule has 96 valence electrons. The first kappa shape index (κ1) is 13.8. The second kappa shape index (κ2) is 5.35. The number of rotatable bonds is 5. The Morgan fingerprint density at radius 1 is 1.29 bits per heavy atom. The van der Waals surface area contributed by atoms with Crippen LogP contribution in [0.15, 0.2) is 6.07 Å². The molecule has 1 heterocycles. The minimum Gasteiger partial charge on any atom is -0.396 e. The van der Waals surface area contributed by atoms with Gasteiger partial charge in [-0.1, -0.05) is 13.8 Å². The van der Waals surface area contributed by atoms with Crippen molar-refractivity contribution < 1.29 is 18.3 Å². The molecule has 2 N–H and O–H groups in total. The molecule has 0 amide bonds. The van der Waals surface area contributed by atoms with E-state index in [1.165, 1.54) is 0 Å². The molecule has 0 aliphatic rings. The summed E-state index contributed by atoms with van der Waals surface area (Å²) in [7, 11) is 0. The lowest BCUT2D eigenvalue weighted by Gasteiger charge is -2.24. The van der Waals surface area contributed by atoms with Crippen LogP contribution in [0.5, 0.6) is 0 Å². The van der Waals surface area contributed by atoms with Crippen LogP contribution in [0.25, 0.3) is 0 Å². The van der Waals surface area contributed by atoms with Gasteiger partial charge in [0, 0.05) is 19.2 Å². The summed E-state index contributed by atoms with van der Waals surface area (Å²) < 4.78 is 38.6. The van der Waals surface area contributed by atoms with Crippen molar-refractivity contribution >= 4 is 5.82 Å². The van der Waals surface area contributed by atoms with Crippen molar-refractivity contribution in [1.82, 2.24) is 4.98 Å². The second-order valence-electron chi connectivity index (χ2n) is 4.58. The highest BCUT2D eigenvalue weighted by Gasteiger charge is 2.19. The number of nitrogens with one attached hydrogen (secondary N) is 1. The number of nitrogens with zero attached hydrogens (tertiary/aromatic N) is 1. The minimum absolute atomic E-state index is 0.00235.